The molecule has 0 aliphatic rings. The fourth-order valence-electron chi connectivity index (χ4n) is 1.74. The average Bonchev–Trinajstić information content (AvgIpc) is 2.86. The van der Waals surface area contributed by atoms with Gasteiger partial charge in [-0.2, -0.15) is 0 Å². The van der Waals surface area contributed by atoms with Crippen LogP contribution in [0.2, 0.25) is 0 Å². The minimum atomic E-state index is -0.562. The van der Waals surface area contributed by atoms with Crippen molar-refractivity contribution < 1.29 is 4.79 Å². The second-order valence-electron chi connectivity index (χ2n) is 4.43. The molecule has 5 heteroatoms. The first-order valence-corrected chi connectivity index (χ1v) is 8.22. The maximum atomic E-state index is 12.2. The zero-order valence-electron chi connectivity index (χ0n) is 10.3. The van der Waals surface area contributed by atoms with Gasteiger partial charge in [0.2, 0.25) is 0 Å². The number of carbonyl (C=O) groups excluding carboxylic acids is 1. The Hall–Kier alpha value is -0.590. The van der Waals surface area contributed by atoms with E-state index in [4.69, 9.17) is 11.6 Å². The molecule has 1 amide bonds. The zero-order chi connectivity index (χ0) is 13.9. The lowest BCUT2D eigenvalue weighted by atomic mass is 9.94. The number of halogens is 2. The van der Waals surface area contributed by atoms with Gasteiger partial charge in [0.1, 0.15) is 0 Å². The normalized spacial score (nSPS) is 13.8. The maximum Gasteiger partial charge on any atom is 0.252 e. The van der Waals surface area contributed by atoms with Gasteiger partial charge in [0.05, 0.1) is 14.0 Å². The molecule has 0 saturated carbocycles. The lowest BCUT2D eigenvalue weighted by Gasteiger charge is -2.29. The van der Waals surface area contributed by atoms with Crippen molar-refractivity contribution in [3.63, 3.8) is 0 Å². The van der Waals surface area contributed by atoms with Crippen LogP contribution >= 0.6 is 45.5 Å². The van der Waals surface area contributed by atoms with Crippen molar-refractivity contribution in [3.05, 3.63) is 55.8 Å². The molecule has 1 N–H and O–H groups in total. The van der Waals surface area contributed by atoms with E-state index in [0.29, 0.717) is 11.4 Å². The van der Waals surface area contributed by atoms with E-state index in [1.165, 1.54) is 0 Å². The van der Waals surface area contributed by atoms with E-state index in [9.17, 15) is 4.79 Å². The predicted octanol–water partition coefficient (Wildman–Crippen LogP) is 4.24. The van der Waals surface area contributed by atoms with Crippen LogP contribution in [0, 0.1) is 2.88 Å². The SMILES string of the molecule is CC(CCl)(NC(=O)c1csc(I)c1)c1ccccc1. The minimum absolute atomic E-state index is 0.0915. The van der Waals surface area contributed by atoms with E-state index < -0.39 is 5.54 Å². The number of hydrogen-bond donors (Lipinski definition) is 1. The molecule has 0 saturated heterocycles. The molecule has 19 heavy (non-hydrogen) atoms. The van der Waals surface area contributed by atoms with E-state index in [2.05, 4.69) is 27.9 Å². The summed E-state index contributed by atoms with van der Waals surface area (Å²) in [5.74, 6) is 0.232. The van der Waals surface area contributed by atoms with E-state index in [1.807, 2.05) is 48.7 Å². The molecule has 0 bridgehead atoms. The zero-order valence-corrected chi connectivity index (χ0v) is 14.1. The van der Waals surface area contributed by atoms with Crippen LogP contribution < -0.4 is 5.32 Å². The standard InChI is InChI=1S/C14H13ClINOS/c1-14(9-15,11-5-3-2-4-6-11)17-13(18)10-7-12(16)19-8-10/h2-8H,9H2,1H3,(H,17,18). The van der Waals surface area contributed by atoms with Crippen molar-refractivity contribution in [3.8, 4) is 0 Å². The monoisotopic (exact) mass is 405 g/mol. The molecule has 0 aliphatic carbocycles. The molecule has 1 heterocycles. The quantitative estimate of drug-likeness (QED) is 0.598. The molecule has 2 rings (SSSR count). The Balaban J connectivity index is 2.22. The summed E-state index contributed by atoms with van der Waals surface area (Å²) in [4.78, 5) is 12.2. The molecule has 1 unspecified atom stereocenters. The highest BCUT2D eigenvalue weighted by Gasteiger charge is 2.28. The third-order valence-electron chi connectivity index (χ3n) is 2.90. The van der Waals surface area contributed by atoms with Gasteiger partial charge in [0, 0.05) is 11.3 Å². The molecule has 0 spiro atoms. The molecular weight excluding hydrogens is 393 g/mol. The maximum absolute atomic E-state index is 12.2. The summed E-state index contributed by atoms with van der Waals surface area (Å²) in [7, 11) is 0. The van der Waals surface area contributed by atoms with E-state index in [-0.39, 0.29) is 5.91 Å². The highest BCUT2D eigenvalue weighted by atomic mass is 127. The molecular formula is C14H13ClINOS. The van der Waals surface area contributed by atoms with Gasteiger partial charge in [-0.3, -0.25) is 4.79 Å². The van der Waals surface area contributed by atoms with Crippen molar-refractivity contribution in [1.82, 2.24) is 5.32 Å². The second kappa shape index (κ2) is 6.24. The van der Waals surface area contributed by atoms with Gasteiger partial charge in [0.25, 0.3) is 5.91 Å². The third kappa shape index (κ3) is 3.49. The van der Waals surface area contributed by atoms with Crippen LogP contribution in [-0.2, 0) is 5.54 Å². The van der Waals surface area contributed by atoms with Gasteiger partial charge in [-0.1, -0.05) is 30.3 Å². The Bertz CT molecular complexity index is 572. The van der Waals surface area contributed by atoms with Crippen molar-refractivity contribution in [2.45, 2.75) is 12.5 Å². The van der Waals surface area contributed by atoms with Gasteiger partial charge >= 0.3 is 0 Å². The van der Waals surface area contributed by atoms with Crippen LogP contribution in [0.4, 0.5) is 0 Å². The predicted molar refractivity (Wildman–Crippen MR) is 89.0 cm³/mol. The summed E-state index contributed by atoms with van der Waals surface area (Å²) in [6.45, 7) is 1.94. The summed E-state index contributed by atoms with van der Waals surface area (Å²) in [6, 6.07) is 11.7. The molecule has 0 aliphatic heterocycles. The van der Waals surface area contributed by atoms with Gasteiger partial charge in [-0.15, -0.1) is 22.9 Å². The van der Waals surface area contributed by atoms with Crippen LogP contribution in [0.25, 0.3) is 0 Å². The average molecular weight is 406 g/mol. The van der Waals surface area contributed by atoms with Crippen LogP contribution in [0.1, 0.15) is 22.8 Å². The Labute approximate surface area is 135 Å². The Morgan fingerprint density at radius 3 is 2.63 bits per heavy atom. The Morgan fingerprint density at radius 2 is 2.11 bits per heavy atom. The van der Waals surface area contributed by atoms with Gasteiger partial charge < -0.3 is 5.32 Å². The molecule has 0 fully saturated rings. The number of nitrogens with one attached hydrogen (secondary N) is 1. The highest BCUT2D eigenvalue weighted by Crippen LogP contribution is 2.24. The van der Waals surface area contributed by atoms with E-state index in [0.717, 1.165) is 8.45 Å². The third-order valence-corrected chi connectivity index (χ3v) is 5.22. The summed E-state index contributed by atoms with van der Waals surface area (Å²) in [6.07, 6.45) is 0. The topological polar surface area (TPSA) is 29.1 Å². The van der Waals surface area contributed by atoms with Gasteiger partial charge in [-0.05, 0) is 41.1 Å². The van der Waals surface area contributed by atoms with Crippen molar-refractivity contribution in [2.75, 3.05) is 5.88 Å². The first kappa shape index (κ1) is 14.8. The summed E-state index contributed by atoms with van der Waals surface area (Å²) < 4.78 is 1.09. The van der Waals surface area contributed by atoms with Crippen molar-refractivity contribution >= 4 is 51.4 Å². The van der Waals surface area contributed by atoms with E-state index >= 15 is 0 Å². The van der Waals surface area contributed by atoms with E-state index in [1.54, 1.807) is 11.3 Å². The number of carbonyl (C=O) groups is 1. The fourth-order valence-corrected chi connectivity index (χ4v) is 3.29. The lowest BCUT2D eigenvalue weighted by molar-refractivity contribution is 0.0913. The number of hydrogen-bond acceptors (Lipinski definition) is 2. The summed E-state index contributed by atoms with van der Waals surface area (Å²) in [5.41, 5.74) is 1.12. The van der Waals surface area contributed by atoms with Crippen molar-refractivity contribution in [1.29, 1.82) is 0 Å². The largest absolute Gasteiger partial charge is 0.342 e. The number of alkyl halides is 1. The molecule has 1 aromatic carbocycles. The molecule has 2 aromatic rings. The Kier molecular flexibility index (Phi) is 4.86. The van der Waals surface area contributed by atoms with Gasteiger partial charge in [0.15, 0.2) is 0 Å². The molecule has 1 aromatic heterocycles. The van der Waals surface area contributed by atoms with Gasteiger partial charge in [-0.25, -0.2) is 0 Å². The molecule has 0 radical (unpaired) electrons. The lowest BCUT2D eigenvalue weighted by Crippen LogP contribution is -2.44. The molecule has 100 valence electrons. The van der Waals surface area contributed by atoms with Crippen molar-refractivity contribution in [2.24, 2.45) is 0 Å². The number of thiophene rings is 1. The Morgan fingerprint density at radius 1 is 1.42 bits per heavy atom. The fraction of sp³-hybridized carbons (Fsp3) is 0.214. The summed E-state index contributed by atoms with van der Waals surface area (Å²) in [5, 5.41) is 4.88. The second-order valence-corrected chi connectivity index (χ2v) is 7.50. The molecule has 2 nitrogen and oxygen atoms in total. The smallest absolute Gasteiger partial charge is 0.252 e. The van der Waals surface area contributed by atoms with Crippen LogP contribution in [-0.4, -0.2) is 11.8 Å². The minimum Gasteiger partial charge on any atom is -0.342 e. The van der Waals surface area contributed by atoms with Crippen LogP contribution in [0.5, 0.6) is 0 Å². The number of amides is 1. The van der Waals surface area contributed by atoms with Crippen LogP contribution in [0.15, 0.2) is 41.8 Å². The summed E-state index contributed by atoms with van der Waals surface area (Å²) >= 11 is 9.83. The number of benzene rings is 1. The van der Waals surface area contributed by atoms with Crippen LogP contribution in [0.3, 0.4) is 0 Å². The first-order chi connectivity index (χ1) is 9.05. The highest BCUT2D eigenvalue weighted by molar-refractivity contribution is 14.1. The molecule has 1 atom stereocenters. The first-order valence-electron chi connectivity index (χ1n) is 5.73. The number of rotatable bonds is 4.